The topological polar surface area (TPSA) is 90.6 Å². The Kier molecular flexibility index (Phi) is 8.63. The lowest BCUT2D eigenvalue weighted by Crippen LogP contribution is -2.32. The lowest BCUT2D eigenvalue weighted by atomic mass is 9.81. The zero-order valence-electron chi connectivity index (χ0n) is 20.5. The van der Waals surface area contributed by atoms with Crippen LogP contribution in [0.1, 0.15) is 99.6 Å². The summed E-state index contributed by atoms with van der Waals surface area (Å²) < 4.78 is 12.8. The van der Waals surface area contributed by atoms with E-state index in [0.717, 1.165) is 49.7 Å². The van der Waals surface area contributed by atoms with E-state index in [1.54, 1.807) is 4.57 Å². The lowest BCUT2D eigenvalue weighted by Gasteiger charge is -2.32. The minimum absolute atomic E-state index is 0.0231. The quantitative estimate of drug-likeness (QED) is 0.419. The molecule has 1 aliphatic carbocycles. The van der Waals surface area contributed by atoms with E-state index in [1.165, 1.54) is 0 Å². The molecule has 0 radical (unpaired) electrons. The van der Waals surface area contributed by atoms with Gasteiger partial charge in [-0.3, -0.25) is 0 Å². The maximum Gasteiger partial charge on any atom is 0.509 e. The molecule has 8 heteroatoms. The van der Waals surface area contributed by atoms with Gasteiger partial charge in [0.25, 0.3) is 0 Å². The number of carboxylic acids is 1. The molecule has 2 aromatic rings. The molecular formula is C26H35ClN2O5. The van der Waals surface area contributed by atoms with E-state index >= 15 is 0 Å². The van der Waals surface area contributed by atoms with Crippen molar-refractivity contribution in [1.82, 2.24) is 9.55 Å². The lowest BCUT2D eigenvalue weighted by molar-refractivity contribution is -0.0387. The van der Waals surface area contributed by atoms with E-state index in [2.05, 4.69) is 11.9 Å². The molecule has 7 nitrogen and oxygen atoms in total. The third-order valence-corrected chi connectivity index (χ3v) is 6.31. The number of hydrogen-bond donors (Lipinski definition) is 1. The Morgan fingerprint density at radius 1 is 1.18 bits per heavy atom. The van der Waals surface area contributed by atoms with E-state index in [4.69, 9.17) is 21.1 Å². The molecule has 34 heavy (non-hydrogen) atoms. The van der Waals surface area contributed by atoms with E-state index in [9.17, 15) is 14.7 Å². The molecule has 1 saturated carbocycles. The number of ether oxygens (including phenoxy) is 2. The SMILES string of the molecule is CCCCc1nc(Cl)c(C(=O)O)n1Cc1ccc([C@@H]2CCCC[C@H]2OC(=O)OC(C)(C)C)cc1. The molecule has 0 amide bonds. The number of hydrogen-bond acceptors (Lipinski definition) is 5. The first-order chi connectivity index (χ1) is 16.1. The molecule has 1 heterocycles. The van der Waals surface area contributed by atoms with Crippen LogP contribution < -0.4 is 0 Å². The zero-order chi connectivity index (χ0) is 24.9. The molecular weight excluding hydrogens is 456 g/mol. The molecule has 1 N–H and O–H groups in total. The largest absolute Gasteiger partial charge is 0.509 e. The summed E-state index contributed by atoms with van der Waals surface area (Å²) in [6.45, 7) is 7.92. The number of nitrogens with zero attached hydrogens (tertiary/aromatic N) is 2. The molecule has 0 bridgehead atoms. The predicted octanol–water partition coefficient (Wildman–Crippen LogP) is 6.60. The van der Waals surface area contributed by atoms with Crippen molar-refractivity contribution in [2.45, 2.75) is 96.8 Å². The first kappa shape index (κ1) is 26.1. The Hall–Kier alpha value is -2.54. The van der Waals surface area contributed by atoms with Crippen molar-refractivity contribution in [1.29, 1.82) is 0 Å². The minimum atomic E-state index is -1.08. The number of rotatable bonds is 8. The summed E-state index contributed by atoms with van der Waals surface area (Å²) in [7, 11) is 0. The minimum Gasteiger partial charge on any atom is -0.476 e. The number of carbonyl (C=O) groups excluding carboxylic acids is 1. The smallest absolute Gasteiger partial charge is 0.476 e. The van der Waals surface area contributed by atoms with Crippen LogP contribution in [0.3, 0.4) is 0 Å². The zero-order valence-corrected chi connectivity index (χ0v) is 21.2. The van der Waals surface area contributed by atoms with Crippen LogP contribution in [0.15, 0.2) is 24.3 Å². The van der Waals surface area contributed by atoms with Crippen LogP contribution >= 0.6 is 11.6 Å². The molecule has 3 rings (SSSR count). The van der Waals surface area contributed by atoms with Gasteiger partial charge < -0.3 is 19.1 Å². The van der Waals surface area contributed by atoms with Crippen molar-refractivity contribution in [3.63, 3.8) is 0 Å². The number of unbranched alkanes of at least 4 members (excludes halogenated alkanes) is 1. The number of carbonyl (C=O) groups is 2. The van der Waals surface area contributed by atoms with Gasteiger partial charge in [0.2, 0.25) is 0 Å². The Labute approximate surface area is 206 Å². The molecule has 0 spiro atoms. The fraction of sp³-hybridized carbons (Fsp3) is 0.577. The molecule has 186 valence electrons. The van der Waals surface area contributed by atoms with Crippen LogP contribution in [0, 0.1) is 0 Å². The highest BCUT2D eigenvalue weighted by Gasteiger charge is 2.31. The van der Waals surface area contributed by atoms with Crippen molar-refractivity contribution >= 4 is 23.7 Å². The third-order valence-electron chi connectivity index (χ3n) is 6.05. The highest BCUT2D eigenvalue weighted by Crippen LogP contribution is 2.36. The molecule has 0 aliphatic heterocycles. The summed E-state index contributed by atoms with van der Waals surface area (Å²) in [5, 5.41) is 9.68. The molecule has 1 aliphatic rings. The number of aryl methyl sites for hydroxylation is 1. The molecule has 0 saturated heterocycles. The molecule has 0 unspecified atom stereocenters. The summed E-state index contributed by atoms with van der Waals surface area (Å²) in [6.07, 6.45) is 5.56. The van der Waals surface area contributed by atoms with Crippen LogP contribution in [0.4, 0.5) is 4.79 Å². The average Bonchev–Trinajstić information content (AvgIpc) is 3.06. The summed E-state index contributed by atoms with van der Waals surface area (Å²) >= 11 is 6.15. The Morgan fingerprint density at radius 3 is 2.47 bits per heavy atom. The fourth-order valence-electron chi connectivity index (χ4n) is 4.44. The third kappa shape index (κ3) is 6.75. The first-order valence-corrected chi connectivity index (χ1v) is 12.4. The average molecular weight is 491 g/mol. The van der Waals surface area contributed by atoms with Crippen molar-refractivity contribution in [3.8, 4) is 0 Å². The number of imidazole rings is 1. The Balaban J connectivity index is 1.77. The van der Waals surface area contributed by atoms with Crippen LogP contribution in [0.2, 0.25) is 5.15 Å². The monoisotopic (exact) mass is 490 g/mol. The molecule has 2 atom stereocenters. The van der Waals surface area contributed by atoms with Crippen LogP contribution in [-0.2, 0) is 22.4 Å². The van der Waals surface area contributed by atoms with Gasteiger partial charge >= 0.3 is 12.1 Å². The van der Waals surface area contributed by atoms with Crippen LogP contribution in [0.25, 0.3) is 0 Å². The second kappa shape index (κ2) is 11.3. The summed E-state index contributed by atoms with van der Waals surface area (Å²) in [5.74, 6) is -0.291. The van der Waals surface area contributed by atoms with E-state index in [0.29, 0.717) is 18.8 Å². The van der Waals surface area contributed by atoms with Crippen LogP contribution in [-0.4, -0.2) is 38.5 Å². The van der Waals surface area contributed by atoms with Gasteiger partial charge in [-0.05, 0) is 57.6 Å². The molecule has 1 aromatic carbocycles. The molecule has 1 fully saturated rings. The van der Waals surface area contributed by atoms with Crippen molar-refractivity contribution in [2.24, 2.45) is 0 Å². The van der Waals surface area contributed by atoms with Gasteiger partial charge in [0.1, 0.15) is 17.5 Å². The van der Waals surface area contributed by atoms with Gasteiger partial charge in [-0.1, -0.05) is 55.6 Å². The highest BCUT2D eigenvalue weighted by molar-refractivity contribution is 6.32. The van der Waals surface area contributed by atoms with Gasteiger partial charge in [-0.2, -0.15) is 0 Å². The number of aromatic nitrogens is 2. The van der Waals surface area contributed by atoms with Crippen molar-refractivity contribution in [2.75, 3.05) is 0 Å². The van der Waals surface area contributed by atoms with Gasteiger partial charge in [0, 0.05) is 18.9 Å². The summed E-state index contributed by atoms with van der Waals surface area (Å²) in [4.78, 5) is 28.3. The number of halogens is 1. The Bertz CT molecular complexity index is 994. The number of carboxylic acid groups (broad SMARTS) is 1. The second-order valence-corrected chi connectivity index (χ2v) is 10.3. The van der Waals surface area contributed by atoms with Crippen molar-refractivity contribution in [3.05, 3.63) is 52.1 Å². The van der Waals surface area contributed by atoms with Gasteiger partial charge in [-0.25, -0.2) is 14.6 Å². The standard InChI is InChI=1S/C26H35ClN2O5/c1-5-6-11-21-28-23(27)22(24(30)31)29(21)16-17-12-14-18(15-13-17)19-9-7-8-10-20(19)33-25(32)34-26(2,3)4/h12-15,19-20H,5-11,16H2,1-4H3,(H,30,31)/t19-,20+/m0/s1. The number of benzene rings is 1. The first-order valence-electron chi connectivity index (χ1n) is 12.1. The number of aromatic carboxylic acids is 1. The van der Waals surface area contributed by atoms with Gasteiger partial charge in [0.15, 0.2) is 10.8 Å². The maximum atomic E-state index is 12.2. The van der Waals surface area contributed by atoms with Gasteiger partial charge in [-0.15, -0.1) is 0 Å². The van der Waals surface area contributed by atoms with E-state index < -0.39 is 17.7 Å². The molecule has 1 aromatic heterocycles. The van der Waals surface area contributed by atoms with E-state index in [1.807, 2.05) is 45.0 Å². The predicted molar refractivity (Wildman–Crippen MR) is 131 cm³/mol. The van der Waals surface area contributed by atoms with Crippen molar-refractivity contribution < 1.29 is 24.2 Å². The van der Waals surface area contributed by atoms with E-state index in [-0.39, 0.29) is 22.9 Å². The second-order valence-electron chi connectivity index (χ2n) is 9.92. The summed E-state index contributed by atoms with van der Waals surface area (Å²) in [5.41, 5.74) is 1.49. The fourth-order valence-corrected chi connectivity index (χ4v) is 4.72. The highest BCUT2D eigenvalue weighted by atomic mass is 35.5. The normalized spacial score (nSPS) is 18.5. The maximum absolute atomic E-state index is 12.2. The van der Waals surface area contributed by atoms with Gasteiger partial charge in [0.05, 0.1) is 0 Å². The van der Waals surface area contributed by atoms with Crippen LogP contribution in [0.5, 0.6) is 0 Å². The Morgan fingerprint density at radius 2 is 1.85 bits per heavy atom. The summed E-state index contributed by atoms with van der Waals surface area (Å²) in [6, 6.07) is 8.08.